The van der Waals surface area contributed by atoms with Gasteiger partial charge in [-0.1, -0.05) is 18.2 Å². The molecule has 0 aliphatic carbocycles. The molecular weight excluding hydrogens is 238 g/mol. The van der Waals surface area contributed by atoms with E-state index in [1.807, 2.05) is 6.07 Å². The summed E-state index contributed by atoms with van der Waals surface area (Å²) < 4.78 is 0. The smallest absolute Gasteiger partial charge is 0.310 e. The van der Waals surface area contributed by atoms with E-state index in [-0.39, 0.29) is 6.67 Å². The molecule has 0 fully saturated rings. The SMILES string of the molecule is CC(C(=O)O)c1ccccc1NC(=S)NCN. The van der Waals surface area contributed by atoms with Crippen LogP contribution < -0.4 is 16.4 Å². The van der Waals surface area contributed by atoms with E-state index in [9.17, 15) is 4.79 Å². The molecule has 92 valence electrons. The Morgan fingerprint density at radius 2 is 2.18 bits per heavy atom. The first-order valence-corrected chi connectivity index (χ1v) is 5.53. The van der Waals surface area contributed by atoms with Gasteiger partial charge in [0, 0.05) is 5.69 Å². The monoisotopic (exact) mass is 253 g/mol. The van der Waals surface area contributed by atoms with E-state index < -0.39 is 11.9 Å². The molecule has 1 aromatic carbocycles. The van der Waals surface area contributed by atoms with Crippen molar-refractivity contribution in [1.82, 2.24) is 5.32 Å². The number of hydrogen-bond acceptors (Lipinski definition) is 3. The van der Waals surface area contributed by atoms with Crippen molar-refractivity contribution in [1.29, 1.82) is 0 Å². The van der Waals surface area contributed by atoms with Crippen LogP contribution in [0.15, 0.2) is 24.3 Å². The number of anilines is 1. The van der Waals surface area contributed by atoms with Crippen LogP contribution >= 0.6 is 12.2 Å². The van der Waals surface area contributed by atoms with Gasteiger partial charge in [-0.05, 0) is 30.8 Å². The Labute approximate surface area is 105 Å². The fourth-order valence-corrected chi connectivity index (χ4v) is 1.57. The molecule has 0 aliphatic rings. The van der Waals surface area contributed by atoms with E-state index in [0.29, 0.717) is 16.4 Å². The minimum Gasteiger partial charge on any atom is -0.481 e. The summed E-state index contributed by atoms with van der Waals surface area (Å²) in [5.41, 5.74) is 6.65. The third-order valence-electron chi connectivity index (χ3n) is 2.31. The Hall–Kier alpha value is -1.66. The zero-order chi connectivity index (χ0) is 12.8. The Morgan fingerprint density at radius 1 is 1.53 bits per heavy atom. The lowest BCUT2D eigenvalue weighted by atomic mass is 9.99. The maximum atomic E-state index is 11.0. The lowest BCUT2D eigenvalue weighted by Crippen LogP contribution is -2.33. The maximum absolute atomic E-state index is 11.0. The molecule has 6 heteroatoms. The summed E-state index contributed by atoms with van der Waals surface area (Å²) in [7, 11) is 0. The maximum Gasteiger partial charge on any atom is 0.310 e. The fraction of sp³-hybridized carbons (Fsp3) is 0.273. The fourth-order valence-electron chi connectivity index (χ4n) is 1.38. The van der Waals surface area contributed by atoms with E-state index in [1.54, 1.807) is 25.1 Å². The van der Waals surface area contributed by atoms with Crippen LogP contribution in [-0.2, 0) is 4.79 Å². The average Bonchev–Trinajstić information content (AvgIpc) is 2.29. The molecule has 5 nitrogen and oxygen atoms in total. The second kappa shape index (κ2) is 6.17. The van der Waals surface area contributed by atoms with Gasteiger partial charge in [0.1, 0.15) is 0 Å². The Balaban J connectivity index is 2.92. The van der Waals surface area contributed by atoms with Crippen LogP contribution in [0, 0.1) is 0 Å². The van der Waals surface area contributed by atoms with Crippen molar-refractivity contribution in [2.45, 2.75) is 12.8 Å². The number of nitrogens with two attached hydrogens (primary N) is 1. The summed E-state index contributed by atoms with van der Waals surface area (Å²) in [6.45, 7) is 1.85. The highest BCUT2D eigenvalue weighted by atomic mass is 32.1. The van der Waals surface area contributed by atoms with Gasteiger partial charge in [0.15, 0.2) is 5.11 Å². The molecule has 0 saturated carbocycles. The largest absolute Gasteiger partial charge is 0.481 e. The highest BCUT2D eigenvalue weighted by molar-refractivity contribution is 7.80. The molecule has 0 saturated heterocycles. The van der Waals surface area contributed by atoms with Crippen molar-refractivity contribution in [3.8, 4) is 0 Å². The second-order valence-corrected chi connectivity index (χ2v) is 3.89. The first-order valence-electron chi connectivity index (χ1n) is 5.13. The summed E-state index contributed by atoms with van der Waals surface area (Å²) in [6, 6.07) is 7.14. The highest BCUT2D eigenvalue weighted by Crippen LogP contribution is 2.24. The van der Waals surface area contributed by atoms with E-state index in [4.69, 9.17) is 23.1 Å². The second-order valence-electron chi connectivity index (χ2n) is 3.48. The van der Waals surface area contributed by atoms with Crippen LogP contribution in [0.4, 0.5) is 5.69 Å². The van der Waals surface area contributed by atoms with Gasteiger partial charge in [-0.15, -0.1) is 0 Å². The molecule has 1 rings (SSSR count). The van der Waals surface area contributed by atoms with Gasteiger partial charge in [-0.25, -0.2) is 0 Å². The van der Waals surface area contributed by atoms with Gasteiger partial charge >= 0.3 is 5.97 Å². The number of thiocarbonyl (C=S) groups is 1. The van der Waals surface area contributed by atoms with Crippen molar-refractivity contribution >= 4 is 29.0 Å². The Bertz CT molecular complexity index is 423. The van der Waals surface area contributed by atoms with Gasteiger partial charge in [-0.2, -0.15) is 0 Å². The van der Waals surface area contributed by atoms with Crippen molar-refractivity contribution in [2.75, 3.05) is 12.0 Å². The zero-order valence-electron chi connectivity index (χ0n) is 9.43. The van der Waals surface area contributed by atoms with Gasteiger partial charge in [0.2, 0.25) is 0 Å². The van der Waals surface area contributed by atoms with E-state index in [1.165, 1.54) is 0 Å². The standard InChI is InChI=1S/C11H15N3O2S/c1-7(10(15)16)8-4-2-3-5-9(8)14-11(17)13-6-12/h2-5,7H,6,12H2,1H3,(H,15,16)(H2,13,14,17). The minimum atomic E-state index is -0.878. The number of carbonyl (C=O) groups is 1. The Morgan fingerprint density at radius 3 is 2.76 bits per heavy atom. The van der Waals surface area contributed by atoms with Crippen LogP contribution in [0.2, 0.25) is 0 Å². The van der Waals surface area contributed by atoms with Gasteiger partial charge in [0.05, 0.1) is 12.6 Å². The average molecular weight is 253 g/mol. The quantitative estimate of drug-likeness (QED) is 0.474. The van der Waals surface area contributed by atoms with Crippen molar-refractivity contribution in [3.05, 3.63) is 29.8 Å². The molecule has 0 aliphatic heterocycles. The first kappa shape index (κ1) is 13.4. The highest BCUT2D eigenvalue weighted by Gasteiger charge is 2.17. The number of rotatable bonds is 4. The van der Waals surface area contributed by atoms with Crippen molar-refractivity contribution < 1.29 is 9.90 Å². The minimum absolute atomic E-state index is 0.225. The summed E-state index contributed by atoms with van der Waals surface area (Å²) in [6.07, 6.45) is 0. The molecule has 1 atom stereocenters. The van der Waals surface area contributed by atoms with Crippen LogP contribution in [0.1, 0.15) is 18.4 Å². The topological polar surface area (TPSA) is 87.4 Å². The predicted octanol–water partition coefficient (Wildman–Crippen LogP) is 1.08. The molecule has 5 N–H and O–H groups in total. The molecule has 1 aromatic rings. The molecule has 1 unspecified atom stereocenters. The molecule has 0 bridgehead atoms. The molecule has 0 heterocycles. The molecule has 0 amide bonds. The van der Waals surface area contributed by atoms with E-state index in [2.05, 4.69) is 10.6 Å². The van der Waals surface area contributed by atoms with E-state index in [0.717, 1.165) is 0 Å². The van der Waals surface area contributed by atoms with Gasteiger partial charge < -0.3 is 21.5 Å². The molecule has 0 spiro atoms. The molecule has 0 aromatic heterocycles. The van der Waals surface area contributed by atoms with Gasteiger partial charge in [0.25, 0.3) is 0 Å². The molecule has 17 heavy (non-hydrogen) atoms. The summed E-state index contributed by atoms with van der Waals surface area (Å²) in [5, 5.41) is 15.0. The number of para-hydroxylation sites is 1. The third kappa shape index (κ3) is 3.69. The summed E-state index contributed by atoms with van der Waals surface area (Å²) in [5.74, 6) is -1.48. The van der Waals surface area contributed by atoms with Gasteiger partial charge in [-0.3, -0.25) is 4.79 Å². The lowest BCUT2D eigenvalue weighted by Gasteiger charge is -2.15. The van der Waals surface area contributed by atoms with Crippen molar-refractivity contribution in [3.63, 3.8) is 0 Å². The van der Waals surface area contributed by atoms with E-state index >= 15 is 0 Å². The Kier molecular flexibility index (Phi) is 4.86. The zero-order valence-corrected chi connectivity index (χ0v) is 10.3. The number of hydrogen-bond donors (Lipinski definition) is 4. The van der Waals surface area contributed by atoms with Crippen LogP contribution in [0.5, 0.6) is 0 Å². The summed E-state index contributed by atoms with van der Waals surface area (Å²) in [4.78, 5) is 11.0. The van der Waals surface area contributed by atoms with Crippen LogP contribution in [0.25, 0.3) is 0 Å². The molecule has 0 radical (unpaired) electrons. The summed E-state index contributed by atoms with van der Waals surface area (Å²) >= 11 is 5.00. The lowest BCUT2D eigenvalue weighted by molar-refractivity contribution is -0.138. The predicted molar refractivity (Wildman–Crippen MR) is 70.9 cm³/mol. The van der Waals surface area contributed by atoms with Crippen LogP contribution in [-0.4, -0.2) is 22.9 Å². The normalized spacial score (nSPS) is 11.6. The number of nitrogens with one attached hydrogen (secondary N) is 2. The third-order valence-corrected chi connectivity index (χ3v) is 2.55. The molecular formula is C11H15N3O2S. The first-order chi connectivity index (χ1) is 8.06. The van der Waals surface area contributed by atoms with Crippen molar-refractivity contribution in [2.24, 2.45) is 5.73 Å². The number of benzene rings is 1. The number of aliphatic carboxylic acids is 1. The number of carboxylic acids is 1. The number of carboxylic acid groups (broad SMARTS) is 1. The van der Waals surface area contributed by atoms with Crippen LogP contribution in [0.3, 0.4) is 0 Å².